The van der Waals surface area contributed by atoms with Crippen molar-refractivity contribution in [2.45, 2.75) is 18.8 Å². The Morgan fingerprint density at radius 1 is 1.05 bits per heavy atom. The minimum atomic E-state index is 0.652. The minimum Gasteiger partial charge on any atom is -0.239 e. The zero-order valence-electron chi connectivity index (χ0n) is 10.1. The molecule has 19 heavy (non-hydrogen) atoms. The first-order valence-corrected chi connectivity index (χ1v) is 7.08. The normalized spacial score (nSPS) is 15.0. The van der Waals surface area contributed by atoms with Gasteiger partial charge in [0.1, 0.15) is 10.3 Å². The average Bonchev–Trinajstić information content (AvgIpc) is 3.17. The number of aromatic nitrogens is 4. The molecule has 0 saturated heterocycles. The van der Waals surface area contributed by atoms with Gasteiger partial charge in [0.15, 0.2) is 5.65 Å². The number of rotatable bonds is 2. The predicted molar refractivity (Wildman–Crippen MR) is 75.9 cm³/mol. The predicted octanol–water partition coefficient (Wildman–Crippen LogP) is 3.43. The van der Waals surface area contributed by atoms with Crippen LogP contribution in [0.1, 0.15) is 24.5 Å². The van der Waals surface area contributed by atoms with Crippen LogP contribution in [0.15, 0.2) is 41.1 Å². The maximum Gasteiger partial charge on any atom is 0.154 e. The SMILES string of the molecule is Brc1cccc(-c2cn3nc(C4CC4)ccc3n2)n1. The Hall–Kier alpha value is -1.75. The highest BCUT2D eigenvalue weighted by molar-refractivity contribution is 9.10. The molecule has 0 radical (unpaired) electrons. The fourth-order valence-electron chi connectivity index (χ4n) is 2.17. The van der Waals surface area contributed by atoms with Gasteiger partial charge in [0.2, 0.25) is 0 Å². The van der Waals surface area contributed by atoms with E-state index in [0.717, 1.165) is 21.6 Å². The van der Waals surface area contributed by atoms with Crippen LogP contribution in [0.3, 0.4) is 0 Å². The lowest BCUT2D eigenvalue weighted by molar-refractivity contribution is 0.856. The highest BCUT2D eigenvalue weighted by atomic mass is 79.9. The molecule has 0 bridgehead atoms. The van der Waals surface area contributed by atoms with Crippen LogP contribution in [0.25, 0.3) is 17.0 Å². The first-order chi connectivity index (χ1) is 9.29. The number of fused-ring (bicyclic) bond motifs is 1. The zero-order chi connectivity index (χ0) is 12.8. The molecular formula is C14H11BrN4. The van der Waals surface area contributed by atoms with Crippen molar-refractivity contribution < 1.29 is 0 Å². The molecule has 0 aliphatic heterocycles. The number of nitrogens with zero attached hydrogens (tertiary/aromatic N) is 4. The Morgan fingerprint density at radius 2 is 1.95 bits per heavy atom. The Kier molecular flexibility index (Phi) is 2.41. The Bertz CT molecular complexity index is 761. The molecule has 0 amide bonds. The molecule has 0 N–H and O–H groups in total. The average molecular weight is 315 g/mol. The summed E-state index contributed by atoms with van der Waals surface area (Å²) >= 11 is 3.38. The summed E-state index contributed by atoms with van der Waals surface area (Å²) in [6.45, 7) is 0. The third-order valence-corrected chi connectivity index (χ3v) is 3.76. The summed E-state index contributed by atoms with van der Waals surface area (Å²) < 4.78 is 2.67. The summed E-state index contributed by atoms with van der Waals surface area (Å²) in [6, 6.07) is 9.93. The Labute approximate surface area is 118 Å². The van der Waals surface area contributed by atoms with E-state index in [-0.39, 0.29) is 0 Å². The fourth-order valence-corrected chi connectivity index (χ4v) is 2.51. The van der Waals surface area contributed by atoms with Gasteiger partial charge >= 0.3 is 0 Å². The van der Waals surface area contributed by atoms with Gasteiger partial charge in [-0.05, 0) is 53.0 Å². The summed E-state index contributed by atoms with van der Waals surface area (Å²) in [5.41, 5.74) is 3.73. The lowest BCUT2D eigenvalue weighted by Gasteiger charge is -1.96. The summed E-state index contributed by atoms with van der Waals surface area (Å²) in [6.07, 6.45) is 4.45. The number of hydrogen-bond donors (Lipinski definition) is 0. The number of pyridine rings is 1. The molecule has 1 fully saturated rings. The van der Waals surface area contributed by atoms with Crippen molar-refractivity contribution in [1.29, 1.82) is 0 Å². The standard InChI is InChI=1S/C14H11BrN4/c15-13-3-1-2-11(16-13)12-8-19-14(17-12)7-6-10(18-19)9-4-5-9/h1-3,6-9H,4-5H2. The molecule has 1 saturated carbocycles. The lowest BCUT2D eigenvalue weighted by atomic mass is 10.3. The minimum absolute atomic E-state index is 0.652. The third kappa shape index (κ3) is 2.04. The van der Waals surface area contributed by atoms with Crippen molar-refractivity contribution in [2.24, 2.45) is 0 Å². The van der Waals surface area contributed by atoms with Gasteiger partial charge in [-0.3, -0.25) is 0 Å². The molecule has 4 nitrogen and oxygen atoms in total. The van der Waals surface area contributed by atoms with Crippen molar-refractivity contribution in [2.75, 3.05) is 0 Å². The summed E-state index contributed by atoms with van der Waals surface area (Å²) in [5.74, 6) is 0.652. The van der Waals surface area contributed by atoms with Crippen LogP contribution in [0.5, 0.6) is 0 Å². The molecule has 1 aliphatic carbocycles. The van der Waals surface area contributed by atoms with Crippen molar-refractivity contribution in [3.63, 3.8) is 0 Å². The van der Waals surface area contributed by atoms with E-state index in [9.17, 15) is 0 Å². The molecule has 0 spiro atoms. The van der Waals surface area contributed by atoms with Crippen LogP contribution < -0.4 is 0 Å². The van der Waals surface area contributed by atoms with Crippen molar-refractivity contribution in [1.82, 2.24) is 19.6 Å². The van der Waals surface area contributed by atoms with E-state index in [2.05, 4.69) is 37.1 Å². The van der Waals surface area contributed by atoms with E-state index < -0.39 is 0 Å². The first-order valence-electron chi connectivity index (χ1n) is 6.29. The van der Waals surface area contributed by atoms with E-state index in [1.165, 1.54) is 18.5 Å². The van der Waals surface area contributed by atoms with Crippen molar-refractivity contribution >= 4 is 21.6 Å². The second kappa shape index (κ2) is 4.13. The second-order valence-electron chi connectivity index (χ2n) is 4.81. The van der Waals surface area contributed by atoms with Gasteiger partial charge in [0.25, 0.3) is 0 Å². The van der Waals surface area contributed by atoms with Gasteiger partial charge in [-0.2, -0.15) is 5.10 Å². The van der Waals surface area contributed by atoms with E-state index in [0.29, 0.717) is 5.92 Å². The molecule has 3 aromatic rings. The summed E-state index contributed by atoms with van der Waals surface area (Å²) in [5, 5.41) is 4.62. The van der Waals surface area contributed by atoms with E-state index in [1.54, 1.807) is 0 Å². The van der Waals surface area contributed by atoms with Crippen LogP contribution in [-0.2, 0) is 0 Å². The van der Waals surface area contributed by atoms with Gasteiger partial charge in [-0.15, -0.1) is 0 Å². The summed E-state index contributed by atoms with van der Waals surface area (Å²) in [7, 11) is 0. The van der Waals surface area contributed by atoms with Crippen LogP contribution >= 0.6 is 15.9 Å². The molecule has 0 unspecified atom stereocenters. The maximum atomic E-state index is 4.62. The quantitative estimate of drug-likeness (QED) is 0.681. The molecule has 0 atom stereocenters. The monoisotopic (exact) mass is 314 g/mol. The van der Waals surface area contributed by atoms with E-state index >= 15 is 0 Å². The first kappa shape index (κ1) is 11.1. The van der Waals surface area contributed by atoms with E-state index in [4.69, 9.17) is 0 Å². The number of halogens is 1. The fraction of sp³-hybridized carbons (Fsp3) is 0.214. The van der Waals surface area contributed by atoms with Crippen molar-refractivity contribution in [3.8, 4) is 11.4 Å². The summed E-state index contributed by atoms with van der Waals surface area (Å²) in [4.78, 5) is 8.98. The Balaban J connectivity index is 1.82. The molecule has 4 rings (SSSR count). The molecular weight excluding hydrogens is 304 g/mol. The molecule has 1 aliphatic rings. The van der Waals surface area contributed by atoms with Crippen LogP contribution in [0.4, 0.5) is 0 Å². The molecule has 94 valence electrons. The highest BCUT2D eigenvalue weighted by Crippen LogP contribution is 2.38. The third-order valence-electron chi connectivity index (χ3n) is 3.31. The van der Waals surface area contributed by atoms with Gasteiger partial charge in [0, 0.05) is 5.92 Å². The molecule has 3 heterocycles. The molecule has 5 heteroatoms. The highest BCUT2D eigenvalue weighted by Gasteiger charge is 2.25. The number of hydrogen-bond acceptors (Lipinski definition) is 3. The molecule has 0 aromatic carbocycles. The molecule has 3 aromatic heterocycles. The maximum absolute atomic E-state index is 4.62. The smallest absolute Gasteiger partial charge is 0.154 e. The topological polar surface area (TPSA) is 43.1 Å². The van der Waals surface area contributed by atoms with Crippen molar-refractivity contribution in [3.05, 3.63) is 46.8 Å². The van der Waals surface area contributed by atoms with Crippen LogP contribution in [0.2, 0.25) is 0 Å². The van der Waals surface area contributed by atoms with Gasteiger partial charge < -0.3 is 0 Å². The van der Waals surface area contributed by atoms with Crippen LogP contribution in [0, 0.1) is 0 Å². The zero-order valence-corrected chi connectivity index (χ0v) is 11.7. The van der Waals surface area contributed by atoms with E-state index in [1.807, 2.05) is 35.0 Å². The Morgan fingerprint density at radius 3 is 2.74 bits per heavy atom. The van der Waals surface area contributed by atoms with Crippen LogP contribution in [-0.4, -0.2) is 19.6 Å². The van der Waals surface area contributed by atoms with Gasteiger partial charge in [-0.25, -0.2) is 14.5 Å². The van der Waals surface area contributed by atoms with Gasteiger partial charge in [-0.1, -0.05) is 6.07 Å². The lowest BCUT2D eigenvalue weighted by Crippen LogP contribution is -1.94. The second-order valence-corrected chi connectivity index (χ2v) is 5.62. The van der Waals surface area contributed by atoms with Gasteiger partial charge in [0.05, 0.1) is 17.6 Å². The number of imidazole rings is 1. The largest absolute Gasteiger partial charge is 0.239 e.